The fraction of sp³-hybridized carbons (Fsp3) is 0.556. The first kappa shape index (κ1) is 17.4. The summed E-state index contributed by atoms with van der Waals surface area (Å²) >= 11 is 0. The molecule has 2 amide bonds. The molecule has 1 aromatic rings. The summed E-state index contributed by atoms with van der Waals surface area (Å²) in [5.74, 6) is 1.18. The Morgan fingerprint density at radius 1 is 1.20 bits per heavy atom. The smallest absolute Gasteiger partial charge is 0.407 e. The van der Waals surface area contributed by atoms with Gasteiger partial charge in [0.05, 0.1) is 6.04 Å². The first-order chi connectivity index (χ1) is 11.8. The molecule has 7 heteroatoms. The second-order valence-electron chi connectivity index (χ2n) is 7.24. The molecule has 1 aromatic carbocycles. The van der Waals surface area contributed by atoms with Gasteiger partial charge in [0, 0.05) is 18.7 Å². The van der Waals surface area contributed by atoms with Gasteiger partial charge in [-0.1, -0.05) is 0 Å². The van der Waals surface area contributed by atoms with Crippen LogP contribution in [0.3, 0.4) is 0 Å². The second kappa shape index (κ2) is 6.82. The molecule has 1 fully saturated rings. The van der Waals surface area contributed by atoms with E-state index < -0.39 is 11.7 Å². The molecule has 2 aliphatic rings. The van der Waals surface area contributed by atoms with Crippen LogP contribution >= 0.6 is 0 Å². The van der Waals surface area contributed by atoms with Gasteiger partial charge >= 0.3 is 6.09 Å². The van der Waals surface area contributed by atoms with Gasteiger partial charge in [0.2, 0.25) is 0 Å². The van der Waals surface area contributed by atoms with Crippen LogP contribution in [0.15, 0.2) is 18.2 Å². The zero-order chi connectivity index (χ0) is 18.0. The van der Waals surface area contributed by atoms with Gasteiger partial charge in [0.25, 0.3) is 5.91 Å². The minimum atomic E-state index is -0.538. The molecule has 136 valence electrons. The van der Waals surface area contributed by atoms with Crippen LogP contribution in [0.4, 0.5) is 4.79 Å². The van der Waals surface area contributed by atoms with Gasteiger partial charge in [-0.2, -0.15) is 0 Å². The summed E-state index contributed by atoms with van der Waals surface area (Å²) in [6.07, 6.45) is 0.251. The van der Waals surface area contributed by atoms with E-state index in [1.54, 1.807) is 23.1 Å². The first-order valence-electron chi connectivity index (χ1n) is 8.50. The fourth-order valence-electron chi connectivity index (χ4n) is 2.90. The average Bonchev–Trinajstić information content (AvgIpc) is 3.00. The summed E-state index contributed by atoms with van der Waals surface area (Å²) in [4.78, 5) is 26.3. The molecule has 0 bridgehead atoms. The third-order valence-corrected chi connectivity index (χ3v) is 3.99. The fourth-order valence-corrected chi connectivity index (χ4v) is 2.90. The zero-order valence-electron chi connectivity index (χ0n) is 14.8. The second-order valence-corrected chi connectivity index (χ2v) is 7.24. The Morgan fingerprint density at radius 3 is 2.64 bits per heavy atom. The molecule has 0 spiro atoms. The predicted octanol–water partition coefficient (Wildman–Crippen LogP) is 2.20. The topological polar surface area (TPSA) is 77.1 Å². The van der Waals surface area contributed by atoms with Crippen molar-refractivity contribution >= 4 is 12.0 Å². The molecule has 1 saturated heterocycles. The maximum absolute atomic E-state index is 12.7. The molecule has 2 aliphatic heterocycles. The number of benzene rings is 1. The van der Waals surface area contributed by atoms with Gasteiger partial charge in [-0.15, -0.1) is 0 Å². The van der Waals surface area contributed by atoms with E-state index in [-0.39, 0.29) is 11.9 Å². The quantitative estimate of drug-likeness (QED) is 0.887. The van der Waals surface area contributed by atoms with Crippen LogP contribution < -0.4 is 14.8 Å². The van der Waals surface area contributed by atoms with Crippen LogP contribution in [0.2, 0.25) is 0 Å². The number of rotatable bonds is 2. The van der Waals surface area contributed by atoms with Crippen LogP contribution in [-0.2, 0) is 4.74 Å². The summed E-state index contributed by atoms with van der Waals surface area (Å²) in [7, 11) is 0. The van der Waals surface area contributed by atoms with Crippen molar-refractivity contribution in [2.75, 3.05) is 26.3 Å². The Labute approximate surface area is 147 Å². The maximum atomic E-state index is 12.7. The van der Waals surface area contributed by atoms with Gasteiger partial charge < -0.3 is 24.4 Å². The minimum absolute atomic E-state index is 0.0783. The molecule has 1 atom stereocenters. The van der Waals surface area contributed by atoms with Gasteiger partial charge in [0.15, 0.2) is 11.5 Å². The van der Waals surface area contributed by atoms with Crippen molar-refractivity contribution in [1.82, 2.24) is 10.2 Å². The van der Waals surface area contributed by atoms with E-state index >= 15 is 0 Å². The highest BCUT2D eigenvalue weighted by molar-refractivity contribution is 5.95. The number of carbonyl (C=O) groups excluding carboxylic acids is 2. The summed E-state index contributed by atoms with van der Waals surface area (Å²) in [5.41, 5.74) is 0.0193. The SMILES string of the molecule is CC(C)(C)OC(=O)N[C@H]1CCN(C(=O)c2ccc3c(c2)OCCO3)C1. The van der Waals surface area contributed by atoms with Crippen molar-refractivity contribution in [3.8, 4) is 11.5 Å². The third-order valence-electron chi connectivity index (χ3n) is 3.99. The van der Waals surface area contributed by atoms with E-state index in [1.165, 1.54) is 0 Å². The van der Waals surface area contributed by atoms with Gasteiger partial charge in [0.1, 0.15) is 18.8 Å². The lowest BCUT2D eigenvalue weighted by molar-refractivity contribution is 0.0502. The van der Waals surface area contributed by atoms with Gasteiger partial charge in [-0.25, -0.2) is 4.79 Å². The number of likely N-dealkylation sites (tertiary alicyclic amines) is 1. The summed E-state index contributed by atoms with van der Waals surface area (Å²) in [6.45, 7) is 7.51. The molecular weight excluding hydrogens is 324 g/mol. The molecule has 0 aromatic heterocycles. The van der Waals surface area contributed by atoms with Crippen molar-refractivity contribution in [2.24, 2.45) is 0 Å². The number of fused-ring (bicyclic) bond motifs is 1. The van der Waals surface area contributed by atoms with Gasteiger partial charge in [-0.05, 0) is 45.4 Å². The number of ether oxygens (including phenoxy) is 3. The lowest BCUT2D eigenvalue weighted by atomic mass is 10.1. The molecule has 2 heterocycles. The number of nitrogens with one attached hydrogen (secondary N) is 1. The van der Waals surface area contributed by atoms with Crippen molar-refractivity contribution in [3.05, 3.63) is 23.8 Å². The number of amides is 2. The Balaban J connectivity index is 1.58. The van der Waals surface area contributed by atoms with Crippen LogP contribution in [0.1, 0.15) is 37.6 Å². The van der Waals surface area contributed by atoms with E-state index in [0.717, 1.165) is 0 Å². The molecule has 25 heavy (non-hydrogen) atoms. The zero-order valence-corrected chi connectivity index (χ0v) is 14.8. The highest BCUT2D eigenvalue weighted by atomic mass is 16.6. The Hall–Kier alpha value is -2.44. The monoisotopic (exact) mass is 348 g/mol. The molecular formula is C18H24N2O5. The van der Waals surface area contributed by atoms with E-state index in [2.05, 4.69) is 5.32 Å². The van der Waals surface area contributed by atoms with Crippen molar-refractivity contribution < 1.29 is 23.8 Å². The van der Waals surface area contributed by atoms with E-state index in [0.29, 0.717) is 49.8 Å². The number of hydrogen-bond acceptors (Lipinski definition) is 5. The predicted molar refractivity (Wildman–Crippen MR) is 91.1 cm³/mol. The largest absolute Gasteiger partial charge is 0.486 e. The summed E-state index contributed by atoms with van der Waals surface area (Å²) < 4.78 is 16.3. The maximum Gasteiger partial charge on any atom is 0.407 e. The molecule has 3 rings (SSSR count). The van der Waals surface area contributed by atoms with Crippen LogP contribution in [0.25, 0.3) is 0 Å². The molecule has 7 nitrogen and oxygen atoms in total. The van der Waals surface area contributed by atoms with Crippen LogP contribution in [0.5, 0.6) is 11.5 Å². The first-order valence-corrected chi connectivity index (χ1v) is 8.50. The van der Waals surface area contributed by atoms with Crippen molar-refractivity contribution in [2.45, 2.75) is 38.8 Å². The highest BCUT2D eigenvalue weighted by Gasteiger charge is 2.30. The number of hydrogen-bond donors (Lipinski definition) is 1. The van der Waals surface area contributed by atoms with Crippen molar-refractivity contribution in [3.63, 3.8) is 0 Å². The van der Waals surface area contributed by atoms with E-state index in [9.17, 15) is 9.59 Å². The Kier molecular flexibility index (Phi) is 4.74. The number of carbonyl (C=O) groups is 2. The van der Waals surface area contributed by atoms with Crippen LogP contribution in [-0.4, -0.2) is 54.8 Å². The van der Waals surface area contributed by atoms with E-state index in [4.69, 9.17) is 14.2 Å². The minimum Gasteiger partial charge on any atom is -0.486 e. The molecule has 0 unspecified atom stereocenters. The average molecular weight is 348 g/mol. The Bertz CT molecular complexity index is 668. The lowest BCUT2D eigenvalue weighted by Gasteiger charge is -2.22. The normalized spacial score (nSPS) is 19.5. The van der Waals surface area contributed by atoms with Crippen LogP contribution in [0, 0.1) is 0 Å². The molecule has 0 aliphatic carbocycles. The third kappa shape index (κ3) is 4.35. The number of alkyl carbamates (subject to hydrolysis) is 1. The number of nitrogens with zero attached hydrogens (tertiary/aromatic N) is 1. The summed E-state index contributed by atoms with van der Waals surface area (Å²) in [6, 6.07) is 5.11. The lowest BCUT2D eigenvalue weighted by Crippen LogP contribution is -2.41. The Morgan fingerprint density at radius 2 is 1.92 bits per heavy atom. The van der Waals surface area contributed by atoms with E-state index in [1.807, 2.05) is 20.8 Å². The molecule has 1 N–H and O–H groups in total. The standard InChI is InChI=1S/C18H24N2O5/c1-18(2,3)25-17(22)19-13-6-7-20(11-13)16(21)12-4-5-14-15(10-12)24-9-8-23-14/h4-5,10,13H,6-9,11H2,1-3H3,(H,19,22)/t13-/m0/s1. The highest BCUT2D eigenvalue weighted by Crippen LogP contribution is 2.31. The molecule has 0 radical (unpaired) electrons. The van der Waals surface area contributed by atoms with Crippen molar-refractivity contribution in [1.29, 1.82) is 0 Å². The summed E-state index contributed by atoms with van der Waals surface area (Å²) in [5, 5.41) is 2.82. The van der Waals surface area contributed by atoms with Gasteiger partial charge in [-0.3, -0.25) is 4.79 Å². The molecule has 0 saturated carbocycles.